The van der Waals surface area contributed by atoms with Gasteiger partial charge in [0.05, 0.1) is 18.0 Å². The van der Waals surface area contributed by atoms with Crippen molar-refractivity contribution in [1.29, 1.82) is 0 Å². The summed E-state index contributed by atoms with van der Waals surface area (Å²) in [6.07, 6.45) is 2.97. The van der Waals surface area contributed by atoms with Crippen LogP contribution < -0.4 is 9.62 Å². The van der Waals surface area contributed by atoms with E-state index in [1.54, 1.807) is 25.1 Å². The zero-order chi connectivity index (χ0) is 17.0. The summed E-state index contributed by atoms with van der Waals surface area (Å²) in [6, 6.07) is 4.95. The maximum Gasteiger partial charge on any atom is 0.240 e. The van der Waals surface area contributed by atoms with Gasteiger partial charge in [-0.25, -0.2) is 8.42 Å². The third-order valence-corrected chi connectivity index (χ3v) is 5.04. The number of nitrogens with zero attached hydrogens (tertiary/aromatic N) is 1. The highest BCUT2D eigenvalue weighted by atomic mass is 35.5. The topological polar surface area (TPSA) is 75.7 Å². The zero-order valence-corrected chi connectivity index (χ0v) is 14.8. The van der Waals surface area contributed by atoms with Crippen LogP contribution in [0.1, 0.15) is 18.4 Å². The van der Waals surface area contributed by atoms with E-state index in [0.717, 1.165) is 29.0 Å². The number of benzene rings is 1. The summed E-state index contributed by atoms with van der Waals surface area (Å²) in [4.78, 5) is 12.1. The van der Waals surface area contributed by atoms with Crippen molar-refractivity contribution in [1.82, 2.24) is 5.32 Å². The molecule has 6 nitrogen and oxygen atoms in total. The summed E-state index contributed by atoms with van der Waals surface area (Å²) in [5.41, 5.74) is 1.14. The molecule has 23 heavy (non-hydrogen) atoms. The van der Waals surface area contributed by atoms with Gasteiger partial charge in [0.2, 0.25) is 15.9 Å². The minimum atomic E-state index is -3.61. The molecule has 128 valence electrons. The second-order valence-electron chi connectivity index (χ2n) is 5.64. The fraction of sp³-hybridized carbons (Fsp3) is 0.533. The van der Waals surface area contributed by atoms with Gasteiger partial charge in [-0.15, -0.1) is 0 Å². The van der Waals surface area contributed by atoms with Crippen molar-refractivity contribution < 1.29 is 17.9 Å². The van der Waals surface area contributed by atoms with Gasteiger partial charge in [-0.1, -0.05) is 17.7 Å². The van der Waals surface area contributed by atoms with Gasteiger partial charge in [0, 0.05) is 18.2 Å². The monoisotopic (exact) mass is 360 g/mol. The van der Waals surface area contributed by atoms with E-state index in [-0.39, 0.29) is 18.6 Å². The second kappa shape index (κ2) is 7.51. The maximum absolute atomic E-state index is 12.1. The number of hydrogen-bond acceptors (Lipinski definition) is 4. The number of rotatable bonds is 6. The van der Waals surface area contributed by atoms with Crippen LogP contribution in [0.2, 0.25) is 5.02 Å². The number of carbonyl (C=O) groups excluding carboxylic acids is 1. The lowest BCUT2D eigenvalue weighted by Crippen LogP contribution is -2.42. The Balaban J connectivity index is 2.10. The molecule has 0 aliphatic carbocycles. The van der Waals surface area contributed by atoms with E-state index < -0.39 is 10.0 Å². The molecule has 0 saturated carbocycles. The molecule has 1 amide bonds. The second-order valence-corrected chi connectivity index (χ2v) is 7.98. The van der Waals surface area contributed by atoms with Crippen LogP contribution in [0.15, 0.2) is 18.2 Å². The first kappa shape index (κ1) is 18.0. The van der Waals surface area contributed by atoms with Crippen molar-refractivity contribution >= 4 is 33.2 Å². The minimum Gasteiger partial charge on any atom is -0.376 e. The highest BCUT2D eigenvalue weighted by molar-refractivity contribution is 7.92. The normalized spacial score (nSPS) is 18.0. The number of halogens is 1. The number of anilines is 1. The molecule has 8 heteroatoms. The first-order valence-electron chi connectivity index (χ1n) is 7.39. The van der Waals surface area contributed by atoms with Gasteiger partial charge in [0.25, 0.3) is 0 Å². The summed E-state index contributed by atoms with van der Waals surface area (Å²) in [7, 11) is -3.61. The summed E-state index contributed by atoms with van der Waals surface area (Å²) in [6.45, 7) is 2.59. The Bertz CT molecular complexity index is 672. The van der Waals surface area contributed by atoms with Crippen LogP contribution in [-0.4, -0.2) is 46.4 Å². The lowest BCUT2D eigenvalue weighted by molar-refractivity contribution is -0.120. The molecule has 0 unspecified atom stereocenters. The molecular formula is C15H21ClN2O4S. The van der Waals surface area contributed by atoms with Crippen molar-refractivity contribution in [2.24, 2.45) is 0 Å². The molecule has 1 N–H and O–H groups in total. The molecule has 1 aliphatic heterocycles. The fourth-order valence-corrected chi connectivity index (χ4v) is 3.52. The Hall–Kier alpha value is -1.31. The fourth-order valence-electron chi connectivity index (χ4n) is 2.45. The van der Waals surface area contributed by atoms with E-state index >= 15 is 0 Å². The standard InChI is InChI=1S/C15H21ClN2O4S/c1-11-5-6-12(16)8-14(11)18(23(2,20)21)10-15(19)17-9-13-4-3-7-22-13/h5-6,8,13H,3-4,7,9-10H2,1-2H3,(H,17,19)/t13-/m1/s1. The first-order chi connectivity index (χ1) is 10.8. The Kier molecular flexibility index (Phi) is 5.89. The minimum absolute atomic E-state index is 0.0125. The lowest BCUT2D eigenvalue weighted by atomic mass is 10.2. The molecular weight excluding hydrogens is 340 g/mol. The molecule has 1 aromatic carbocycles. The summed E-state index contributed by atoms with van der Waals surface area (Å²) >= 11 is 5.96. The zero-order valence-electron chi connectivity index (χ0n) is 13.2. The van der Waals surface area contributed by atoms with Crippen LogP contribution in [-0.2, 0) is 19.6 Å². The van der Waals surface area contributed by atoms with Crippen molar-refractivity contribution in [2.75, 3.05) is 30.3 Å². The third-order valence-electron chi connectivity index (χ3n) is 3.68. The Labute approximate surface area is 141 Å². The van der Waals surface area contributed by atoms with E-state index in [4.69, 9.17) is 16.3 Å². The van der Waals surface area contributed by atoms with Crippen molar-refractivity contribution in [3.8, 4) is 0 Å². The molecule has 0 radical (unpaired) electrons. The summed E-state index contributed by atoms with van der Waals surface area (Å²) < 4.78 is 30.6. The van der Waals surface area contributed by atoms with Crippen LogP contribution >= 0.6 is 11.6 Å². The molecule has 1 fully saturated rings. The molecule has 1 atom stereocenters. The molecule has 2 rings (SSSR count). The predicted octanol–water partition coefficient (Wildman–Crippen LogP) is 1.71. The number of amides is 1. The molecule has 0 spiro atoms. The van der Waals surface area contributed by atoms with Gasteiger partial charge in [0.15, 0.2) is 0 Å². The van der Waals surface area contributed by atoms with E-state index in [9.17, 15) is 13.2 Å². The van der Waals surface area contributed by atoms with Crippen LogP contribution in [0.3, 0.4) is 0 Å². The van der Waals surface area contributed by atoms with E-state index in [1.807, 2.05) is 0 Å². The summed E-state index contributed by atoms with van der Waals surface area (Å²) in [5, 5.41) is 3.14. The average molecular weight is 361 g/mol. The van der Waals surface area contributed by atoms with Crippen molar-refractivity contribution in [3.63, 3.8) is 0 Å². The number of carbonyl (C=O) groups is 1. The van der Waals surface area contributed by atoms with Crippen molar-refractivity contribution in [3.05, 3.63) is 28.8 Å². The van der Waals surface area contributed by atoms with Crippen LogP contribution in [0.4, 0.5) is 5.69 Å². The molecule has 0 bridgehead atoms. The van der Waals surface area contributed by atoms with Gasteiger partial charge in [-0.2, -0.15) is 0 Å². The van der Waals surface area contributed by atoms with E-state index in [0.29, 0.717) is 23.9 Å². The first-order valence-corrected chi connectivity index (χ1v) is 9.62. The number of aryl methyl sites for hydroxylation is 1. The number of ether oxygens (including phenoxy) is 1. The molecule has 1 aliphatic rings. The Morgan fingerprint density at radius 1 is 1.48 bits per heavy atom. The van der Waals surface area contributed by atoms with E-state index in [2.05, 4.69) is 5.32 Å². The maximum atomic E-state index is 12.1. The third kappa shape index (κ3) is 5.09. The SMILES string of the molecule is Cc1ccc(Cl)cc1N(CC(=O)NC[C@H]1CCCO1)S(C)(=O)=O. The molecule has 1 saturated heterocycles. The van der Waals surface area contributed by atoms with Gasteiger partial charge < -0.3 is 10.1 Å². The highest BCUT2D eigenvalue weighted by Crippen LogP contribution is 2.26. The number of hydrogen-bond donors (Lipinski definition) is 1. The predicted molar refractivity (Wildman–Crippen MR) is 90.4 cm³/mol. The summed E-state index contributed by atoms with van der Waals surface area (Å²) in [5.74, 6) is -0.370. The van der Waals surface area contributed by atoms with Crippen LogP contribution in [0.25, 0.3) is 0 Å². The molecule has 1 heterocycles. The smallest absolute Gasteiger partial charge is 0.240 e. The molecule has 0 aromatic heterocycles. The quantitative estimate of drug-likeness (QED) is 0.838. The van der Waals surface area contributed by atoms with Crippen LogP contribution in [0, 0.1) is 6.92 Å². The average Bonchev–Trinajstić information content (AvgIpc) is 2.97. The van der Waals surface area contributed by atoms with Gasteiger partial charge in [-0.05, 0) is 37.5 Å². The lowest BCUT2D eigenvalue weighted by Gasteiger charge is -2.24. The van der Waals surface area contributed by atoms with Gasteiger partial charge >= 0.3 is 0 Å². The Morgan fingerprint density at radius 2 is 2.22 bits per heavy atom. The van der Waals surface area contributed by atoms with Crippen molar-refractivity contribution in [2.45, 2.75) is 25.9 Å². The largest absolute Gasteiger partial charge is 0.376 e. The van der Waals surface area contributed by atoms with Gasteiger partial charge in [0.1, 0.15) is 6.54 Å². The van der Waals surface area contributed by atoms with Gasteiger partial charge in [-0.3, -0.25) is 9.10 Å². The number of sulfonamides is 1. The van der Waals surface area contributed by atoms with E-state index in [1.165, 1.54) is 0 Å². The van der Waals surface area contributed by atoms with Crippen LogP contribution in [0.5, 0.6) is 0 Å². The number of nitrogens with one attached hydrogen (secondary N) is 1. The molecule has 1 aromatic rings. The highest BCUT2D eigenvalue weighted by Gasteiger charge is 2.23. The Morgan fingerprint density at radius 3 is 2.83 bits per heavy atom.